The van der Waals surface area contributed by atoms with E-state index in [4.69, 9.17) is 14.2 Å². The highest BCUT2D eigenvalue weighted by molar-refractivity contribution is 14.0. The molecule has 2 aromatic carbocycles. The van der Waals surface area contributed by atoms with Gasteiger partial charge in [-0.2, -0.15) is 0 Å². The molecule has 7 heteroatoms. The summed E-state index contributed by atoms with van der Waals surface area (Å²) < 4.78 is 16.8. The summed E-state index contributed by atoms with van der Waals surface area (Å²) in [7, 11) is 5.18. The monoisotopic (exact) mass is 567 g/mol. The number of halogens is 1. The maximum absolute atomic E-state index is 5.97. The summed E-state index contributed by atoms with van der Waals surface area (Å²) in [5.74, 6) is 2.97. The van der Waals surface area contributed by atoms with Crippen molar-refractivity contribution in [2.24, 2.45) is 10.9 Å². The molecule has 0 spiro atoms. The highest BCUT2D eigenvalue weighted by Crippen LogP contribution is 2.33. The van der Waals surface area contributed by atoms with Crippen molar-refractivity contribution < 1.29 is 14.2 Å². The smallest absolute Gasteiger partial charge is 0.193 e. The standard InChI is InChI=1S/C26H37N3O3.HI/c1-26(2,22-11-12-23(30-4)24(15-22)31-5)19-28-25(27-3)29-14-13-21(16-29)18-32-17-20-9-7-6-8-10-20;/h6-12,15,21H,13-14,16-19H2,1-5H3,(H,27,28);1H. The van der Waals surface area contributed by atoms with Crippen molar-refractivity contribution in [2.75, 3.05) is 47.5 Å². The summed E-state index contributed by atoms with van der Waals surface area (Å²) in [6.45, 7) is 8.61. The van der Waals surface area contributed by atoms with Crippen LogP contribution in [0.15, 0.2) is 53.5 Å². The molecule has 1 saturated heterocycles. The Bertz CT molecular complexity index is 890. The van der Waals surface area contributed by atoms with Crippen LogP contribution in [0.2, 0.25) is 0 Å². The summed E-state index contributed by atoms with van der Waals surface area (Å²) in [4.78, 5) is 6.87. The van der Waals surface area contributed by atoms with Crippen LogP contribution < -0.4 is 14.8 Å². The first-order valence-corrected chi connectivity index (χ1v) is 11.3. The predicted octanol–water partition coefficient (Wildman–Crippen LogP) is 4.71. The number of benzene rings is 2. The van der Waals surface area contributed by atoms with Crippen molar-refractivity contribution in [2.45, 2.75) is 32.3 Å². The zero-order chi connectivity index (χ0) is 23.0. The molecular formula is C26H38IN3O3. The molecule has 1 fully saturated rings. The topological polar surface area (TPSA) is 55.3 Å². The molecule has 182 valence electrons. The molecule has 6 nitrogen and oxygen atoms in total. The molecule has 0 bridgehead atoms. The van der Waals surface area contributed by atoms with Gasteiger partial charge >= 0.3 is 0 Å². The predicted molar refractivity (Wildman–Crippen MR) is 145 cm³/mol. The van der Waals surface area contributed by atoms with Crippen molar-refractivity contribution in [1.82, 2.24) is 10.2 Å². The Kier molecular flexibility index (Phi) is 10.8. The minimum absolute atomic E-state index is 0. The summed E-state index contributed by atoms with van der Waals surface area (Å²) in [6.07, 6.45) is 1.12. The van der Waals surface area contributed by atoms with Crippen LogP contribution in [0.5, 0.6) is 11.5 Å². The highest BCUT2D eigenvalue weighted by Gasteiger charge is 2.27. The van der Waals surface area contributed by atoms with E-state index in [-0.39, 0.29) is 29.4 Å². The van der Waals surface area contributed by atoms with E-state index in [9.17, 15) is 0 Å². The summed E-state index contributed by atoms with van der Waals surface area (Å²) in [5.41, 5.74) is 2.30. The van der Waals surface area contributed by atoms with Crippen molar-refractivity contribution in [3.63, 3.8) is 0 Å². The van der Waals surface area contributed by atoms with Crippen molar-refractivity contribution in [3.05, 3.63) is 59.7 Å². The number of hydrogen-bond acceptors (Lipinski definition) is 4. The van der Waals surface area contributed by atoms with Gasteiger partial charge in [-0.25, -0.2) is 0 Å². The molecule has 1 atom stereocenters. The molecule has 0 saturated carbocycles. The van der Waals surface area contributed by atoms with Crippen LogP contribution in [0.1, 0.15) is 31.4 Å². The zero-order valence-corrected chi connectivity index (χ0v) is 22.8. The first-order chi connectivity index (χ1) is 15.5. The Morgan fingerprint density at radius 2 is 1.82 bits per heavy atom. The maximum Gasteiger partial charge on any atom is 0.193 e. The molecular weight excluding hydrogens is 529 g/mol. The average molecular weight is 568 g/mol. The number of likely N-dealkylation sites (tertiary alicyclic amines) is 1. The fourth-order valence-corrected chi connectivity index (χ4v) is 4.07. The number of guanidine groups is 1. The van der Waals surface area contributed by atoms with Gasteiger partial charge in [0.1, 0.15) is 0 Å². The third kappa shape index (κ3) is 7.50. The van der Waals surface area contributed by atoms with Gasteiger partial charge in [0.15, 0.2) is 17.5 Å². The number of rotatable bonds is 9. The van der Waals surface area contributed by atoms with Gasteiger partial charge in [-0.1, -0.05) is 50.2 Å². The van der Waals surface area contributed by atoms with Gasteiger partial charge < -0.3 is 24.4 Å². The van der Waals surface area contributed by atoms with E-state index in [2.05, 4.69) is 65.5 Å². The second-order valence-corrected chi connectivity index (χ2v) is 8.96. The minimum Gasteiger partial charge on any atom is -0.493 e. The van der Waals surface area contributed by atoms with Crippen LogP contribution in [-0.2, 0) is 16.8 Å². The Hall–Kier alpha value is -2.00. The van der Waals surface area contributed by atoms with E-state index in [1.165, 1.54) is 11.1 Å². The molecule has 0 radical (unpaired) electrons. The second-order valence-electron chi connectivity index (χ2n) is 8.96. The van der Waals surface area contributed by atoms with E-state index in [1.54, 1.807) is 14.2 Å². The third-order valence-electron chi connectivity index (χ3n) is 6.12. The first-order valence-electron chi connectivity index (χ1n) is 11.3. The van der Waals surface area contributed by atoms with Gasteiger partial charge in [0.25, 0.3) is 0 Å². The lowest BCUT2D eigenvalue weighted by molar-refractivity contribution is 0.0906. The van der Waals surface area contributed by atoms with E-state index in [1.807, 2.05) is 19.2 Å². The molecule has 33 heavy (non-hydrogen) atoms. The molecule has 1 aliphatic rings. The number of aliphatic imine (C=N–C) groups is 1. The van der Waals surface area contributed by atoms with Crippen LogP contribution in [-0.4, -0.2) is 58.4 Å². The molecule has 0 aromatic heterocycles. The van der Waals surface area contributed by atoms with Crippen molar-refractivity contribution >= 4 is 29.9 Å². The van der Waals surface area contributed by atoms with Crippen LogP contribution in [0, 0.1) is 5.92 Å². The average Bonchev–Trinajstić information content (AvgIpc) is 3.28. The molecule has 1 N–H and O–H groups in total. The molecule has 0 aliphatic carbocycles. The van der Waals surface area contributed by atoms with Crippen LogP contribution >= 0.6 is 24.0 Å². The van der Waals surface area contributed by atoms with Crippen LogP contribution in [0.4, 0.5) is 0 Å². The SMILES string of the molecule is CN=C(NCC(C)(C)c1ccc(OC)c(OC)c1)N1CCC(COCc2ccccc2)C1.I. The lowest BCUT2D eigenvalue weighted by atomic mass is 9.84. The van der Waals surface area contributed by atoms with E-state index < -0.39 is 0 Å². The zero-order valence-electron chi connectivity index (χ0n) is 20.5. The Morgan fingerprint density at radius 3 is 2.48 bits per heavy atom. The van der Waals surface area contributed by atoms with Crippen molar-refractivity contribution in [3.8, 4) is 11.5 Å². The number of nitrogens with one attached hydrogen (secondary N) is 1. The Balaban J connectivity index is 0.00000385. The molecule has 1 unspecified atom stereocenters. The van der Waals surface area contributed by atoms with E-state index in [0.717, 1.165) is 50.1 Å². The van der Waals surface area contributed by atoms with Gasteiger partial charge in [0.2, 0.25) is 0 Å². The minimum atomic E-state index is -0.104. The molecule has 2 aromatic rings. The van der Waals surface area contributed by atoms with Gasteiger partial charge in [-0.05, 0) is 29.7 Å². The number of nitrogens with zero attached hydrogens (tertiary/aromatic N) is 2. The first kappa shape index (κ1) is 27.2. The largest absolute Gasteiger partial charge is 0.493 e. The van der Waals surface area contributed by atoms with Crippen molar-refractivity contribution in [1.29, 1.82) is 0 Å². The number of hydrogen-bond donors (Lipinski definition) is 1. The Labute approximate surface area is 215 Å². The molecule has 1 aliphatic heterocycles. The normalized spacial score (nSPS) is 16.3. The fraction of sp³-hybridized carbons (Fsp3) is 0.500. The second kappa shape index (κ2) is 13.0. The van der Waals surface area contributed by atoms with Gasteiger partial charge in [-0.3, -0.25) is 4.99 Å². The fourth-order valence-electron chi connectivity index (χ4n) is 4.07. The van der Waals surface area contributed by atoms with Gasteiger partial charge in [0, 0.05) is 38.0 Å². The maximum atomic E-state index is 5.97. The van der Waals surface area contributed by atoms with Gasteiger partial charge in [-0.15, -0.1) is 24.0 Å². The van der Waals surface area contributed by atoms with Crippen LogP contribution in [0.3, 0.4) is 0 Å². The number of ether oxygens (including phenoxy) is 3. The number of methoxy groups -OCH3 is 2. The molecule has 0 amide bonds. The quantitative estimate of drug-likeness (QED) is 0.270. The van der Waals surface area contributed by atoms with Crippen LogP contribution in [0.25, 0.3) is 0 Å². The van der Waals surface area contributed by atoms with E-state index >= 15 is 0 Å². The summed E-state index contributed by atoms with van der Waals surface area (Å²) in [6, 6.07) is 16.5. The third-order valence-corrected chi connectivity index (χ3v) is 6.12. The summed E-state index contributed by atoms with van der Waals surface area (Å²) >= 11 is 0. The lowest BCUT2D eigenvalue weighted by Gasteiger charge is -2.29. The molecule has 3 rings (SSSR count). The Morgan fingerprint density at radius 1 is 1.09 bits per heavy atom. The van der Waals surface area contributed by atoms with E-state index in [0.29, 0.717) is 12.5 Å². The highest BCUT2D eigenvalue weighted by atomic mass is 127. The summed E-state index contributed by atoms with van der Waals surface area (Å²) in [5, 5.41) is 3.58. The lowest BCUT2D eigenvalue weighted by Crippen LogP contribution is -2.45. The van der Waals surface area contributed by atoms with Gasteiger partial charge in [0.05, 0.1) is 27.4 Å². The molecule has 1 heterocycles.